The maximum absolute atomic E-state index is 13.0. The number of methoxy groups -OCH3 is 1. The Labute approximate surface area is 171 Å². The van der Waals surface area contributed by atoms with E-state index in [1.807, 2.05) is 6.07 Å². The first-order chi connectivity index (χ1) is 13.8. The quantitative estimate of drug-likeness (QED) is 0.738. The standard InChI is InChI=1S/C20H26N4O4S/c1-23(2)29(26,27)16-8-9-18(24-11-4-5-12-24)17(13-16)19(25)22-14-15-7-6-10-21-20(15)28-3/h6-10,13H,4-5,11-12,14H2,1-3H3,(H,22,25). The van der Waals surface area contributed by atoms with Crippen LogP contribution < -0.4 is 15.0 Å². The van der Waals surface area contributed by atoms with Gasteiger partial charge in [0.15, 0.2) is 0 Å². The Morgan fingerprint density at radius 3 is 2.62 bits per heavy atom. The minimum absolute atomic E-state index is 0.0922. The highest BCUT2D eigenvalue weighted by molar-refractivity contribution is 7.89. The number of carbonyl (C=O) groups excluding carboxylic acids is 1. The molecule has 0 spiro atoms. The van der Waals surface area contributed by atoms with Crippen LogP contribution in [0.25, 0.3) is 0 Å². The van der Waals surface area contributed by atoms with Crippen LogP contribution in [0.2, 0.25) is 0 Å². The summed E-state index contributed by atoms with van der Waals surface area (Å²) in [4.78, 5) is 19.4. The number of nitrogens with zero attached hydrogens (tertiary/aromatic N) is 3. The molecule has 156 valence electrons. The molecule has 1 aromatic carbocycles. The van der Waals surface area contributed by atoms with Crippen molar-refractivity contribution in [2.24, 2.45) is 0 Å². The fourth-order valence-electron chi connectivity index (χ4n) is 3.32. The fourth-order valence-corrected chi connectivity index (χ4v) is 4.24. The number of hydrogen-bond acceptors (Lipinski definition) is 6. The number of hydrogen-bond donors (Lipinski definition) is 1. The molecular weight excluding hydrogens is 392 g/mol. The maximum atomic E-state index is 13.0. The smallest absolute Gasteiger partial charge is 0.253 e. The van der Waals surface area contributed by atoms with Gasteiger partial charge in [-0.2, -0.15) is 0 Å². The summed E-state index contributed by atoms with van der Waals surface area (Å²) in [5.74, 6) is 0.102. The summed E-state index contributed by atoms with van der Waals surface area (Å²) in [5.41, 5.74) is 1.83. The molecule has 0 unspecified atom stereocenters. The van der Waals surface area contributed by atoms with E-state index in [2.05, 4.69) is 15.2 Å². The first-order valence-electron chi connectivity index (χ1n) is 9.42. The summed E-state index contributed by atoms with van der Waals surface area (Å²) in [6, 6.07) is 8.33. The van der Waals surface area contributed by atoms with E-state index in [0.29, 0.717) is 11.4 Å². The zero-order valence-corrected chi connectivity index (χ0v) is 17.7. The van der Waals surface area contributed by atoms with Gasteiger partial charge in [-0.15, -0.1) is 0 Å². The SMILES string of the molecule is COc1ncccc1CNC(=O)c1cc(S(=O)(=O)N(C)C)ccc1N1CCCC1. The van der Waals surface area contributed by atoms with E-state index < -0.39 is 10.0 Å². The second kappa shape index (κ2) is 8.79. The van der Waals surface area contributed by atoms with Gasteiger partial charge in [-0.3, -0.25) is 4.79 Å². The van der Waals surface area contributed by atoms with E-state index in [1.165, 1.54) is 27.3 Å². The highest BCUT2D eigenvalue weighted by Gasteiger charge is 2.24. The molecule has 0 atom stereocenters. The van der Waals surface area contributed by atoms with Crippen molar-refractivity contribution in [3.8, 4) is 5.88 Å². The highest BCUT2D eigenvalue weighted by atomic mass is 32.2. The minimum Gasteiger partial charge on any atom is -0.481 e. The lowest BCUT2D eigenvalue weighted by molar-refractivity contribution is 0.0951. The topological polar surface area (TPSA) is 91.8 Å². The maximum Gasteiger partial charge on any atom is 0.253 e. The molecule has 0 aliphatic carbocycles. The van der Waals surface area contributed by atoms with Crippen molar-refractivity contribution in [2.75, 3.05) is 39.2 Å². The van der Waals surface area contributed by atoms with Crippen LogP contribution in [0.5, 0.6) is 5.88 Å². The number of ether oxygens (including phenoxy) is 1. The first-order valence-corrected chi connectivity index (χ1v) is 10.9. The molecule has 1 amide bonds. The number of rotatable bonds is 7. The van der Waals surface area contributed by atoms with Crippen LogP contribution in [-0.2, 0) is 16.6 Å². The van der Waals surface area contributed by atoms with Crippen LogP contribution in [0.4, 0.5) is 5.69 Å². The predicted molar refractivity (Wildman–Crippen MR) is 111 cm³/mol. The first kappa shape index (κ1) is 21.1. The summed E-state index contributed by atoms with van der Waals surface area (Å²) in [5, 5.41) is 2.87. The number of pyridine rings is 1. The van der Waals surface area contributed by atoms with Crippen LogP contribution in [0.1, 0.15) is 28.8 Å². The molecule has 2 heterocycles. The number of carbonyl (C=O) groups is 1. The molecule has 1 aliphatic heterocycles. The summed E-state index contributed by atoms with van der Waals surface area (Å²) in [6.45, 7) is 1.91. The van der Waals surface area contributed by atoms with Crippen molar-refractivity contribution in [3.05, 3.63) is 47.7 Å². The van der Waals surface area contributed by atoms with Crippen molar-refractivity contribution >= 4 is 21.6 Å². The molecular formula is C20H26N4O4S. The lowest BCUT2D eigenvalue weighted by atomic mass is 10.1. The van der Waals surface area contributed by atoms with Crippen molar-refractivity contribution in [3.63, 3.8) is 0 Å². The van der Waals surface area contributed by atoms with Gasteiger partial charge >= 0.3 is 0 Å². The average molecular weight is 419 g/mol. The fraction of sp³-hybridized carbons (Fsp3) is 0.400. The minimum atomic E-state index is -3.65. The number of benzene rings is 1. The Bertz CT molecular complexity index is 986. The van der Waals surface area contributed by atoms with Crippen molar-refractivity contribution in [2.45, 2.75) is 24.3 Å². The van der Waals surface area contributed by atoms with Gasteiger partial charge in [0.2, 0.25) is 15.9 Å². The van der Waals surface area contributed by atoms with E-state index in [-0.39, 0.29) is 17.3 Å². The van der Waals surface area contributed by atoms with Gasteiger partial charge < -0.3 is 15.0 Å². The van der Waals surface area contributed by atoms with Crippen molar-refractivity contribution in [1.29, 1.82) is 0 Å². The molecule has 0 saturated carbocycles. The van der Waals surface area contributed by atoms with Crippen LogP contribution in [0.15, 0.2) is 41.4 Å². The van der Waals surface area contributed by atoms with Crippen LogP contribution >= 0.6 is 0 Å². The molecule has 1 aliphatic rings. The molecule has 29 heavy (non-hydrogen) atoms. The van der Waals surface area contributed by atoms with Gasteiger partial charge in [-0.1, -0.05) is 6.07 Å². The third-order valence-corrected chi connectivity index (χ3v) is 6.73. The summed E-state index contributed by atoms with van der Waals surface area (Å²) < 4.78 is 31.5. The Hall–Kier alpha value is -2.65. The van der Waals surface area contributed by atoms with E-state index in [4.69, 9.17) is 4.74 Å². The second-order valence-electron chi connectivity index (χ2n) is 7.02. The number of aromatic nitrogens is 1. The highest BCUT2D eigenvalue weighted by Crippen LogP contribution is 2.28. The van der Waals surface area contributed by atoms with Gasteiger partial charge in [0.25, 0.3) is 5.91 Å². The Balaban J connectivity index is 1.92. The predicted octanol–water partition coefficient (Wildman–Crippen LogP) is 1.87. The largest absolute Gasteiger partial charge is 0.481 e. The zero-order chi connectivity index (χ0) is 21.0. The molecule has 1 N–H and O–H groups in total. The van der Waals surface area contributed by atoms with Gasteiger partial charge in [0.05, 0.1) is 17.6 Å². The van der Waals surface area contributed by atoms with Crippen LogP contribution in [0, 0.1) is 0 Å². The van der Waals surface area contributed by atoms with Gasteiger partial charge in [-0.05, 0) is 37.1 Å². The normalized spacial score (nSPS) is 14.3. The third-order valence-electron chi connectivity index (χ3n) is 4.92. The molecule has 8 nitrogen and oxygen atoms in total. The van der Waals surface area contributed by atoms with E-state index in [9.17, 15) is 13.2 Å². The van der Waals surface area contributed by atoms with Crippen LogP contribution in [-0.4, -0.2) is 57.9 Å². The Morgan fingerprint density at radius 2 is 1.97 bits per heavy atom. The van der Waals surface area contributed by atoms with Crippen molar-refractivity contribution in [1.82, 2.24) is 14.6 Å². The van der Waals surface area contributed by atoms with E-state index in [0.717, 1.165) is 41.5 Å². The summed E-state index contributed by atoms with van der Waals surface area (Å²) >= 11 is 0. The molecule has 0 radical (unpaired) electrons. The molecule has 2 aromatic rings. The number of anilines is 1. The van der Waals surface area contributed by atoms with Gasteiger partial charge in [0.1, 0.15) is 0 Å². The number of sulfonamides is 1. The van der Waals surface area contributed by atoms with E-state index >= 15 is 0 Å². The Kier molecular flexibility index (Phi) is 6.39. The summed E-state index contributed by atoms with van der Waals surface area (Å²) in [7, 11) is 0.817. The lowest BCUT2D eigenvalue weighted by Crippen LogP contribution is -2.28. The average Bonchev–Trinajstić information content (AvgIpc) is 3.26. The molecule has 1 saturated heterocycles. The van der Waals surface area contributed by atoms with E-state index in [1.54, 1.807) is 24.4 Å². The lowest BCUT2D eigenvalue weighted by Gasteiger charge is -2.22. The molecule has 1 aromatic heterocycles. The summed E-state index contributed by atoms with van der Waals surface area (Å²) in [6.07, 6.45) is 3.71. The molecule has 1 fully saturated rings. The Morgan fingerprint density at radius 1 is 1.24 bits per heavy atom. The van der Waals surface area contributed by atoms with Crippen LogP contribution in [0.3, 0.4) is 0 Å². The van der Waals surface area contributed by atoms with Crippen molar-refractivity contribution < 1.29 is 17.9 Å². The third kappa shape index (κ3) is 4.51. The van der Waals surface area contributed by atoms with Gasteiger partial charge in [0, 0.05) is 51.2 Å². The second-order valence-corrected chi connectivity index (χ2v) is 9.17. The molecule has 0 bridgehead atoms. The monoisotopic (exact) mass is 418 g/mol. The number of amides is 1. The molecule has 3 rings (SSSR count). The molecule has 9 heteroatoms. The van der Waals surface area contributed by atoms with Gasteiger partial charge in [-0.25, -0.2) is 17.7 Å². The number of nitrogens with one attached hydrogen (secondary N) is 1. The zero-order valence-electron chi connectivity index (χ0n) is 16.9.